The lowest BCUT2D eigenvalue weighted by atomic mass is 9.99. The van der Waals surface area contributed by atoms with Gasteiger partial charge >= 0.3 is 10.4 Å². The summed E-state index contributed by atoms with van der Waals surface area (Å²) >= 11 is 0. The summed E-state index contributed by atoms with van der Waals surface area (Å²) in [4.78, 5) is 13.1. The molecule has 1 fully saturated rings. The maximum atomic E-state index is 13.1. The molecule has 0 aliphatic carbocycles. The van der Waals surface area contributed by atoms with Crippen molar-refractivity contribution in [2.75, 3.05) is 13.2 Å². The number of aliphatic hydroxyl groups is 4. The van der Waals surface area contributed by atoms with E-state index in [-0.39, 0.29) is 18.9 Å². The highest BCUT2D eigenvalue weighted by atomic mass is 32.3. The highest BCUT2D eigenvalue weighted by Crippen LogP contribution is 2.26. The van der Waals surface area contributed by atoms with Crippen molar-refractivity contribution in [1.82, 2.24) is 5.32 Å². The second-order valence-corrected chi connectivity index (χ2v) is 19.5. The lowest BCUT2D eigenvalue weighted by Crippen LogP contribution is -2.61. The van der Waals surface area contributed by atoms with E-state index in [4.69, 9.17) is 9.47 Å². The molecule has 6 N–H and O–H groups in total. The third-order valence-corrected chi connectivity index (χ3v) is 13.0. The standard InChI is InChI=1S/C50H97NO11S/c1-3-5-7-9-11-13-15-17-19-21-22-23-24-25-27-29-31-33-35-37-39-44(53)43(42-60-50-48(56)49(62-63(57,58)59)47(55)45(41-52)61-50)51-46(54)40-38-36-34-32-30-28-26-20-18-16-14-12-10-8-6-4-2/h37,39,43-45,47-50,52-53,55-56H,3-36,38,40-42H2,1-2H3,(H,51,54)(H,57,58,59)/b39-37+. The fourth-order valence-electron chi connectivity index (χ4n) is 8.52. The largest absolute Gasteiger partial charge is 0.397 e. The Balaban J connectivity index is 2.44. The molecule has 0 bridgehead atoms. The Kier molecular flexibility index (Phi) is 39.0. The van der Waals surface area contributed by atoms with E-state index in [0.29, 0.717) is 6.42 Å². The van der Waals surface area contributed by atoms with Crippen LogP contribution in [-0.2, 0) is 28.9 Å². The van der Waals surface area contributed by atoms with Crippen LogP contribution in [0.15, 0.2) is 12.2 Å². The predicted octanol–water partition coefficient (Wildman–Crippen LogP) is 11.1. The topological polar surface area (TPSA) is 192 Å². The van der Waals surface area contributed by atoms with Crippen LogP contribution in [0.2, 0.25) is 0 Å². The van der Waals surface area contributed by atoms with Gasteiger partial charge in [-0.15, -0.1) is 0 Å². The van der Waals surface area contributed by atoms with Gasteiger partial charge in [0.05, 0.1) is 25.4 Å². The molecule has 1 aliphatic heterocycles. The Morgan fingerprint density at radius 1 is 0.619 bits per heavy atom. The highest BCUT2D eigenvalue weighted by molar-refractivity contribution is 7.80. The summed E-state index contributed by atoms with van der Waals surface area (Å²) in [5.74, 6) is -0.258. The number of hydrogen-bond donors (Lipinski definition) is 6. The van der Waals surface area contributed by atoms with Gasteiger partial charge in [0.15, 0.2) is 6.29 Å². The predicted molar refractivity (Wildman–Crippen MR) is 255 cm³/mol. The number of unbranched alkanes of at least 4 members (excludes halogenated alkanes) is 33. The third kappa shape index (κ3) is 33.9. The zero-order chi connectivity index (χ0) is 46.2. The first-order valence-electron chi connectivity index (χ1n) is 26.1. The molecule has 63 heavy (non-hydrogen) atoms. The van der Waals surface area contributed by atoms with Crippen molar-refractivity contribution < 1.29 is 51.8 Å². The fraction of sp³-hybridized carbons (Fsp3) is 0.940. The van der Waals surface area contributed by atoms with Crippen molar-refractivity contribution in [1.29, 1.82) is 0 Å². The van der Waals surface area contributed by atoms with E-state index in [1.807, 2.05) is 6.08 Å². The summed E-state index contributed by atoms with van der Waals surface area (Å²) in [5.41, 5.74) is 0. The minimum absolute atomic E-state index is 0.258. The van der Waals surface area contributed by atoms with Crippen molar-refractivity contribution in [2.45, 2.75) is 288 Å². The average molecular weight is 920 g/mol. The molecule has 0 aromatic carbocycles. The molecule has 1 amide bonds. The van der Waals surface area contributed by atoms with Crippen LogP contribution in [-0.4, -0.2) is 95.4 Å². The van der Waals surface area contributed by atoms with Crippen molar-refractivity contribution in [3.05, 3.63) is 12.2 Å². The van der Waals surface area contributed by atoms with Crippen LogP contribution in [0.5, 0.6) is 0 Å². The molecule has 1 aliphatic rings. The summed E-state index contributed by atoms with van der Waals surface area (Å²) in [7, 11) is -5.08. The van der Waals surface area contributed by atoms with Crippen molar-refractivity contribution in [2.24, 2.45) is 0 Å². The van der Waals surface area contributed by atoms with E-state index in [9.17, 15) is 38.2 Å². The van der Waals surface area contributed by atoms with E-state index in [0.717, 1.165) is 38.5 Å². The monoisotopic (exact) mass is 920 g/mol. The molecule has 0 saturated carbocycles. The van der Waals surface area contributed by atoms with Gasteiger partial charge in [-0.3, -0.25) is 9.35 Å². The Hall–Kier alpha value is -1.16. The van der Waals surface area contributed by atoms with Gasteiger partial charge in [0.1, 0.15) is 24.4 Å². The number of rotatable bonds is 45. The summed E-state index contributed by atoms with van der Waals surface area (Å²) in [6, 6.07) is -0.939. The molecule has 374 valence electrons. The van der Waals surface area contributed by atoms with Crippen LogP contribution in [0.1, 0.15) is 245 Å². The van der Waals surface area contributed by atoms with Gasteiger partial charge in [-0.1, -0.05) is 231 Å². The van der Waals surface area contributed by atoms with Gasteiger partial charge in [-0.2, -0.15) is 8.42 Å². The van der Waals surface area contributed by atoms with Gasteiger partial charge in [-0.05, 0) is 19.3 Å². The third-order valence-electron chi connectivity index (χ3n) is 12.6. The first-order valence-corrected chi connectivity index (χ1v) is 27.4. The van der Waals surface area contributed by atoms with Crippen molar-refractivity contribution in [3.8, 4) is 0 Å². The minimum Gasteiger partial charge on any atom is -0.394 e. The smallest absolute Gasteiger partial charge is 0.394 e. The molecule has 0 spiro atoms. The first-order chi connectivity index (χ1) is 30.5. The molecule has 1 rings (SSSR count). The summed E-state index contributed by atoms with van der Waals surface area (Å²) < 4.78 is 47.7. The maximum Gasteiger partial charge on any atom is 0.397 e. The van der Waals surface area contributed by atoms with Crippen LogP contribution in [0.25, 0.3) is 0 Å². The number of allylic oxidation sites excluding steroid dienone is 1. The Labute approximate surface area is 385 Å². The number of aliphatic hydroxyl groups excluding tert-OH is 4. The number of nitrogens with one attached hydrogen (secondary N) is 1. The van der Waals surface area contributed by atoms with Gasteiger partial charge in [0.2, 0.25) is 5.91 Å². The van der Waals surface area contributed by atoms with Crippen LogP contribution >= 0.6 is 0 Å². The van der Waals surface area contributed by atoms with Crippen LogP contribution in [0, 0.1) is 0 Å². The quantitative estimate of drug-likeness (QED) is 0.0193. The number of ether oxygens (including phenoxy) is 2. The number of hydrogen-bond acceptors (Lipinski definition) is 10. The van der Waals surface area contributed by atoms with E-state index >= 15 is 0 Å². The van der Waals surface area contributed by atoms with Crippen LogP contribution < -0.4 is 5.32 Å². The fourth-order valence-corrected chi connectivity index (χ4v) is 9.02. The Bertz CT molecular complexity index is 1180. The summed E-state index contributed by atoms with van der Waals surface area (Å²) in [5, 5.41) is 44.8. The molecular formula is C50H97NO11S. The Morgan fingerprint density at radius 3 is 1.38 bits per heavy atom. The molecule has 1 saturated heterocycles. The number of carbonyl (C=O) groups excluding carboxylic acids is 1. The number of amides is 1. The van der Waals surface area contributed by atoms with Gasteiger partial charge < -0.3 is 35.2 Å². The Morgan fingerprint density at radius 2 is 1.00 bits per heavy atom. The zero-order valence-electron chi connectivity index (χ0n) is 40.2. The normalized spacial score (nSPS) is 20.4. The average Bonchev–Trinajstić information content (AvgIpc) is 3.25. The van der Waals surface area contributed by atoms with E-state index in [2.05, 4.69) is 23.3 Å². The van der Waals surface area contributed by atoms with E-state index < -0.39 is 59.9 Å². The SMILES string of the molecule is CCCCCCCCCCCCCCCCCCCC/C=C/C(O)C(COC1OC(CO)C(O)C(OS(=O)(=O)O)C1O)NC(=O)CCCCCCCCCCCCCCCCCC. The van der Waals surface area contributed by atoms with E-state index in [1.54, 1.807) is 6.08 Å². The minimum atomic E-state index is -5.08. The van der Waals surface area contributed by atoms with Gasteiger partial charge in [0, 0.05) is 6.42 Å². The summed E-state index contributed by atoms with van der Waals surface area (Å²) in [6.45, 7) is 3.42. The molecule has 0 aromatic heterocycles. The van der Waals surface area contributed by atoms with Crippen molar-refractivity contribution >= 4 is 16.3 Å². The molecule has 7 atom stereocenters. The van der Waals surface area contributed by atoms with Gasteiger partial charge in [0.25, 0.3) is 0 Å². The number of carbonyl (C=O) groups is 1. The van der Waals surface area contributed by atoms with Gasteiger partial charge in [-0.25, -0.2) is 4.18 Å². The zero-order valence-corrected chi connectivity index (χ0v) is 41.0. The second-order valence-electron chi connectivity index (χ2n) is 18.5. The van der Waals surface area contributed by atoms with Crippen LogP contribution in [0.3, 0.4) is 0 Å². The molecule has 0 radical (unpaired) electrons. The molecule has 7 unspecified atom stereocenters. The molecule has 13 heteroatoms. The lowest BCUT2D eigenvalue weighted by Gasteiger charge is -2.41. The molecule has 1 heterocycles. The summed E-state index contributed by atoms with van der Waals surface area (Å²) in [6.07, 6.45) is 38.2. The second kappa shape index (κ2) is 41.1. The van der Waals surface area contributed by atoms with Crippen LogP contribution in [0.4, 0.5) is 0 Å². The van der Waals surface area contributed by atoms with E-state index in [1.165, 1.54) is 180 Å². The molecule has 0 aromatic rings. The maximum absolute atomic E-state index is 13.1. The lowest BCUT2D eigenvalue weighted by molar-refractivity contribution is -0.298. The highest BCUT2D eigenvalue weighted by Gasteiger charge is 2.48. The first kappa shape index (κ1) is 59.9. The molecule has 12 nitrogen and oxygen atoms in total. The molecular weight excluding hydrogens is 823 g/mol. The van der Waals surface area contributed by atoms with Crippen molar-refractivity contribution in [3.63, 3.8) is 0 Å².